The second kappa shape index (κ2) is 9.06. The minimum atomic E-state index is -3.91. The van der Waals surface area contributed by atoms with E-state index in [1.165, 1.54) is 50.6 Å². The summed E-state index contributed by atoms with van der Waals surface area (Å²) in [7, 11) is -0.916. The summed E-state index contributed by atoms with van der Waals surface area (Å²) in [4.78, 5) is 12.9. The molecule has 0 aliphatic rings. The van der Waals surface area contributed by atoms with Crippen LogP contribution in [0.2, 0.25) is 5.02 Å². The Balaban J connectivity index is 1.88. The molecule has 0 radical (unpaired) electrons. The van der Waals surface area contributed by atoms with Gasteiger partial charge in [-0.25, -0.2) is 8.42 Å². The summed E-state index contributed by atoms with van der Waals surface area (Å²) < 4.78 is 38.3. The Morgan fingerprint density at radius 2 is 1.60 bits per heavy atom. The molecule has 0 atom stereocenters. The third-order valence-corrected chi connectivity index (χ3v) is 5.83. The van der Waals surface area contributed by atoms with Gasteiger partial charge < -0.3 is 14.8 Å². The summed E-state index contributed by atoms with van der Waals surface area (Å²) >= 11 is 5.82. The zero-order valence-corrected chi connectivity index (χ0v) is 17.8. The Morgan fingerprint density at radius 3 is 2.27 bits per heavy atom. The molecule has 3 rings (SSSR count). The molecule has 2 N–H and O–H groups in total. The van der Waals surface area contributed by atoms with Gasteiger partial charge in [0.05, 0.1) is 36.1 Å². The van der Waals surface area contributed by atoms with Gasteiger partial charge in [-0.2, -0.15) is 0 Å². The number of hydrogen-bond acceptors (Lipinski definition) is 5. The van der Waals surface area contributed by atoms with E-state index in [1.54, 1.807) is 30.3 Å². The van der Waals surface area contributed by atoms with Crippen LogP contribution in [0.3, 0.4) is 0 Å². The fraction of sp³-hybridized carbons (Fsp3) is 0.0952. The summed E-state index contributed by atoms with van der Waals surface area (Å²) in [5, 5.41) is 3.15. The van der Waals surface area contributed by atoms with E-state index >= 15 is 0 Å². The summed E-state index contributed by atoms with van der Waals surface area (Å²) in [5.41, 5.74) is 0.698. The molecule has 0 spiro atoms. The predicted molar refractivity (Wildman–Crippen MR) is 116 cm³/mol. The van der Waals surface area contributed by atoms with Crippen LogP contribution in [0, 0.1) is 0 Å². The number of hydrogen-bond donors (Lipinski definition) is 2. The van der Waals surface area contributed by atoms with Gasteiger partial charge in [0, 0.05) is 11.1 Å². The zero-order chi connectivity index (χ0) is 21.7. The van der Waals surface area contributed by atoms with Gasteiger partial charge in [0.2, 0.25) is 0 Å². The van der Waals surface area contributed by atoms with Crippen LogP contribution < -0.4 is 19.5 Å². The topological polar surface area (TPSA) is 93.7 Å². The van der Waals surface area contributed by atoms with Gasteiger partial charge in [0.15, 0.2) is 0 Å². The van der Waals surface area contributed by atoms with Crippen molar-refractivity contribution in [3.05, 3.63) is 77.3 Å². The third-order valence-electron chi connectivity index (χ3n) is 4.20. The Morgan fingerprint density at radius 1 is 0.900 bits per heavy atom. The van der Waals surface area contributed by atoms with Crippen LogP contribution in [0.15, 0.2) is 71.6 Å². The highest BCUT2D eigenvalue weighted by Gasteiger charge is 2.19. The number of amides is 1. The van der Waals surface area contributed by atoms with Gasteiger partial charge in [-0.15, -0.1) is 0 Å². The molecule has 1 amide bonds. The smallest absolute Gasteiger partial charge is 0.261 e. The van der Waals surface area contributed by atoms with Gasteiger partial charge in [0.1, 0.15) is 11.5 Å². The van der Waals surface area contributed by atoms with Crippen molar-refractivity contribution in [2.45, 2.75) is 4.90 Å². The lowest BCUT2D eigenvalue weighted by Crippen LogP contribution is -2.18. The molecule has 0 bridgehead atoms. The number of carbonyl (C=O) groups is 1. The van der Waals surface area contributed by atoms with E-state index in [4.69, 9.17) is 21.1 Å². The molecule has 0 aliphatic heterocycles. The maximum absolute atomic E-state index is 12.9. The quantitative estimate of drug-likeness (QED) is 0.560. The number of methoxy groups -OCH3 is 2. The predicted octanol–water partition coefficient (Wildman–Crippen LogP) is 4.41. The minimum Gasteiger partial charge on any atom is -0.497 e. The third kappa shape index (κ3) is 4.84. The minimum absolute atomic E-state index is 0.0268. The van der Waals surface area contributed by atoms with Crippen molar-refractivity contribution in [2.24, 2.45) is 0 Å². The van der Waals surface area contributed by atoms with Crippen LogP contribution in [-0.4, -0.2) is 28.5 Å². The molecular weight excluding hydrogens is 428 g/mol. The van der Waals surface area contributed by atoms with E-state index in [0.717, 1.165) is 0 Å². The number of nitrogens with one attached hydrogen (secondary N) is 2. The van der Waals surface area contributed by atoms with E-state index in [1.807, 2.05) is 0 Å². The van der Waals surface area contributed by atoms with Crippen molar-refractivity contribution < 1.29 is 22.7 Å². The lowest BCUT2D eigenvalue weighted by molar-refractivity contribution is 0.102. The number of halogens is 1. The summed E-state index contributed by atoms with van der Waals surface area (Å²) in [6.07, 6.45) is 0. The molecule has 0 saturated heterocycles. The fourth-order valence-electron chi connectivity index (χ4n) is 2.68. The molecule has 7 nitrogen and oxygen atoms in total. The molecule has 156 valence electrons. The van der Waals surface area contributed by atoms with E-state index in [2.05, 4.69) is 10.0 Å². The molecule has 0 aliphatic carbocycles. The van der Waals surface area contributed by atoms with Crippen LogP contribution in [0.5, 0.6) is 11.5 Å². The maximum Gasteiger partial charge on any atom is 0.261 e. The molecule has 3 aromatic rings. The lowest BCUT2D eigenvalue weighted by atomic mass is 10.1. The SMILES string of the molecule is COc1ccc(NC(=O)c2ccccc2NS(=O)(=O)c2ccc(Cl)cc2)c(OC)c1. The lowest BCUT2D eigenvalue weighted by Gasteiger charge is -2.15. The van der Waals surface area contributed by atoms with Crippen molar-refractivity contribution in [2.75, 3.05) is 24.3 Å². The standard InChI is InChI=1S/C21H19ClN2O5S/c1-28-15-9-12-19(20(13-15)29-2)23-21(25)17-5-3-4-6-18(17)24-30(26,27)16-10-7-14(22)8-11-16/h3-13,24H,1-2H3,(H,23,25). The van der Waals surface area contributed by atoms with Gasteiger partial charge >= 0.3 is 0 Å². The van der Waals surface area contributed by atoms with E-state index in [-0.39, 0.29) is 16.1 Å². The average molecular weight is 447 g/mol. The largest absolute Gasteiger partial charge is 0.497 e. The van der Waals surface area contributed by atoms with E-state index in [0.29, 0.717) is 22.2 Å². The van der Waals surface area contributed by atoms with E-state index < -0.39 is 15.9 Å². The second-order valence-corrected chi connectivity index (χ2v) is 8.24. The van der Waals surface area contributed by atoms with Gasteiger partial charge in [0.25, 0.3) is 15.9 Å². The number of anilines is 2. The first kappa shape index (κ1) is 21.5. The van der Waals surface area contributed by atoms with Crippen molar-refractivity contribution in [3.63, 3.8) is 0 Å². The van der Waals surface area contributed by atoms with Crippen LogP contribution in [0.25, 0.3) is 0 Å². The molecule has 0 heterocycles. The van der Waals surface area contributed by atoms with Crippen LogP contribution in [-0.2, 0) is 10.0 Å². The number of sulfonamides is 1. The van der Waals surface area contributed by atoms with Crippen molar-refractivity contribution in [1.29, 1.82) is 0 Å². The Labute approximate surface area is 179 Å². The Hall–Kier alpha value is -3.23. The van der Waals surface area contributed by atoms with Gasteiger partial charge in [-0.1, -0.05) is 23.7 Å². The van der Waals surface area contributed by atoms with Gasteiger partial charge in [-0.05, 0) is 48.5 Å². The highest BCUT2D eigenvalue weighted by atomic mass is 35.5. The molecule has 0 saturated carbocycles. The van der Waals surface area contributed by atoms with Crippen LogP contribution in [0.4, 0.5) is 11.4 Å². The highest BCUT2D eigenvalue weighted by Crippen LogP contribution is 2.30. The number of para-hydroxylation sites is 1. The average Bonchev–Trinajstić information content (AvgIpc) is 2.74. The summed E-state index contributed by atoms with van der Waals surface area (Å²) in [5.74, 6) is 0.468. The number of benzene rings is 3. The zero-order valence-electron chi connectivity index (χ0n) is 16.2. The molecule has 0 fully saturated rings. The molecule has 3 aromatic carbocycles. The molecule has 0 aromatic heterocycles. The van der Waals surface area contributed by atoms with E-state index in [9.17, 15) is 13.2 Å². The fourth-order valence-corrected chi connectivity index (χ4v) is 3.88. The first-order valence-corrected chi connectivity index (χ1v) is 10.6. The van der Waals surface area contributed by atoms with Crippen molar-refractivity contribution in [1.82, 2.24) is 0 Å². The number of ether oxygens (including phenoxy) is 2. The van der Waals surface area contributed by atoms with Crippen LogP contribution in [0.1, 0.15) is 10.4 Å². The normalized spacial score (nSPS) is 10.9. The van der Waals surface area contributed by atoms with Crippen molar-refractivity contribution >= 4 is 38.9 Å². The molecule has 0 unspecified atom stereocenters. The van der Waals surface area contributed by atoms with Crippen LogP contribution >= 0.6 is 11.6 Å². The molecular formula is C21H19ClN2O5S. The first-order chi connectivity index (χ1) is 14.3. The maximum atomic E-state index is 12.9. The molecule has 9 heteroatoms. The Bertz CT molecular complexity index is 1160. The number of carbonyl (C=O) groups excluding carboxylic acids is 1. The second-order valence-electron chi connectivity index (χ2n) is 6.13. The van der Waals surface area contributed by atoms with Gasteiger partial charge in [-0.3, -0.25) is 9.52 Å². The Kier molecular flexibility index (Phi) is 6.49. The number of rotatable bonds is 7. The molecule has 30 heavy (non-hydrogen) atoms. The van der Waals surface area contributed by atoms with Crippen molar-refractivity contribution in [3.8, 4) is 11.5 Å². The highest BCUT2D eigenvalue weighted by molar-refractivity contribution is 7.92. The monoisotopic (exact) mass is 446 g/mol. The summed E-state index contributed by atoms with van der Waals surface area (Å²) in [6, 6.07) is 17.0. The summed E-state index contributed by atoms with van der Waals surface area (Å²) in [6.45, 7) is 0. The first-order valence-electron chi connectivity index (χ1n) is 8.75.